The zero-order valence-corrected chi connectivity index (χ0v) is 7.95. The van der Waals surface area contributed by atoms with Crippen molar-refractivity contribution < 1.29 is 0 Å². The summed E-state index contributed by atoms with van der Waals surface area (Å²) >= 11 is 1.35. The summed E-state index contributed by atoms with van der Waals surface area (Å²) in [4.78, 5) is 4.19. The first-order valence-electron chi connectivity index (χ1n) is 3.91. The Bertz CT molecular complexity index is 404. The largest absolute Gasteiger partial charge is 0.374 e. The highest BCUT2D eigenvalue weighted by molar-refractivity contribution is 7.18. The van der Waals surface area contributed by atoms with Gasteiger partial charge in [0.05, 0.1) is 0 Å². The van der Waals surface area contributed by atoms with Crippen molar-refractivity contribution in [3.63, 3.8) is 0 Å². The van der Waals surface area contributed by atoms with Gasteiger partial charge in [0.15, 0.2) is 10.8 Å². The Hall–Kier alpha value is -1.43. The first-order chi connectivity index (χ1) is 6.31. The molecule has 0 amide bonds. The van der Waals surface area contributed by atoms with E-state index in [2.05, 4.69) is 22.1 Å². The molecule has 5 nitrogen and oxygen atoms in total. The third-order valence-electron chi connectivity index (χ3n) is 1.69. The lowest BCUT2D eigenvalue weighted by molar-refractivity contribution is 0.768. The van der Waals surface area contributed by atoms with Crippen molar-refractivity contribution in [2.45, 2.75) is 13.5 Å². The third-order valence-corrected chi connectivity index (χ3v) is 2.44. The van der Waals surface area contributed by atoms with Crippen LogP contribution in [-0.2, 0) is 6.54 Å². The molecule has 0 aliphatic rings. The van der Waals surface area contributed by atoms with Crippen LogP contribution < -0.4 is 5.73 Å². The number of imidazole rings is 1. The van der Waals surface area contributed by atoms with E-state index in [0.717, 1.165) is 17.4 Å². The van der Waals surface area contributed by atoms with Gasteiger partial charge in [-0.15, -0.1) is 10.2 Å². The Labute approximate surface area is 79.2 Å². The molecule has 0 saturated heterocycles. The molecule has 13 heavy (non-hydrogen) atoms. The van der Waals surface area contributed by atoms with Crippen LogP contribution >= 0.6 is 11.3 Å². The fourth-order valence-electron chi connectivity index (χ4n) is 1.09. The minimum Gasteiger partial charge on any atom is -0.374 e. The highest BCUT2D eigenvalue weighted by Crippen LogP contribution is 2.22. The van der Waals surface area contributed by atoms with Gasteiger partial charge in [-0.25, -0.2) is 4.98 Å². The Morgan fingerprint density at radius 3 is 3.00 bits per heavy atom. The molecule has 2 aromatic heterocycles. The topological polar surface area (TPSA) is 69.6 Å². The van der Waals surface area contributed by atoms with Crippen LogP contribution in [0.2, 0.25) is 0 Å². The lowest BCUT2D eigenvalue weighted by atomic mass is 10.6. The summed E-state index contributed by atoms with van der Waals surface area (Å²) < 4.78 is 2.00. The van der Waals surface area contributed by atoms with Gasteiger partial charge in [0.25, 0.3) is 0 Å². The summed E-state index contributed by atoms with van der Waals surface area (Å²) in [5, 5.41) is 8.91. The van der Waals surface area contributed by atoms with Gasteiger partial charge in [-0.2, -0.15) is 0 Å². The second-order valence-electron chi connectivity index (χ2n) is 2.48. The maximum absolute atomic E-state index is 5.48. The Balaban J connectivity index is 2.45. The zero-order valence-electron chi connectivity index (χ0n) is 7.14. The van der Waals surface area contributed by atoms with Crippen molar-refractivity contribution in [3.8, 4) is 10.8 Å². The van der Waals surface area contributed by atoms with Gasteiger partial charge in [-0.05, 0) is 6.92 Å². The molecule has 0 radical (unpaired) electrons. The molecule has 2 heterocycles. The van der Waals surface area contributed by atoms with Crippen molar-refractivity contribution in [3.05, 3.63) is 12.4 Å². The summed E-state index contributed by atoms with van der Waals surface area (Å²) in [6, 6.07) is 0. The van der Waals surface area contributed by atoms with Crippen LogP contribution in [0.1, 0.15) is 6.92 Å². The maximum Gasteiger partial charge on any atom is 0.203 e. The standard InChI is InChI=1S/C7H9N5S/c1-2-12-4-3-9-5(12)6-10-11-7(8)13-6/h3-4H,2H2,1H3,(H2,8,11). The van der Waals surface area contributed by atoms with E-state index in [1.807, 2.05) is 10.8 Å². The van der Waals surface area contributed by atoms with Crippen LogP contribution in [0.15, 0.2) is 12.4 Å². The molecule has 2 rings (SSSR count). The fraction of sp³-hybridized carbons (Fsp3) is 0.286. The van der Waals surface area contributed by atoms with Crippen LogP contribution in [0.3, 0.4) is 0 Å². The average Bonchev–Trinajstić information content (AvgIpc) is 2.71. The van der Waals surface area contributed by atoms with Crippen LogP contribution in [0.4, 0.5) is 5.13 Å². The summed E-state index contributed by atoms with van der Waals surface area (Å²) in [6.45, 7) is 2.92. The van der Waals surface area contributed by atoms with Crippen molar-refractivity contribution in [2.75, 3.05) is 5.73 Å². The van der Waals surface area contributed by atoms with E-state index in [1.165, 1.54) is 11.3 Å². The number of aromatic nitrogens is 4. The second-order valence-corrected chi connectivity index (χ2v) is 3.49. The van der Waals surface area contributed by atoms with Crippen LogP contribution in [-0.4, -0.2) is 19.7 Å². The first kappa shape index (κ1) is 8.18. The van der Waals surface area contributed by atoms with E-state index < -0.39 is 0 Å². The van der Waals surface area contributed by atoms with E-state index in [4.69, 9.17) is 5.73 Å². The highest BCUT2D eigenvalue weighted by atomic mass is 32.1. The van der Waals surface area contributed by atoms with E-state index in [9.17, 15) is 0 Å². The highest BCUT2D eigenvalue weighted by Gasteiger charge is 2.09. The minimum atomic E-state index is 0.473. The molecule has 68 valence electrons. The minimum absolute atomic E-state index is 0.473. The number of anilines is 1. The molecule has 0 atom stereocenters. The number of hydrogen-bond acceptors (Lipinski definition) is 5. The molecule has 0 aliphatic carbocycles. The molecular weight excluding hydrogens is 186 g/mol. The van der Waals surface area contributed by atoms with Gasteiger partial charge in [-0.3, -0.25) is 0 Å². The number of nitrogens with two attached hydrogens (primary N) is 1. The molecule has 0 spiro atoms. The Kier molecular flexibility index (Phi) is 1.97. The van der Waals surface area contributed by atoms with Gasteiger partial charge in [0.2, 0.25) is 5.13 Å². The smallest absolute Gasteiger partial charge is 0.203 e. The molecule has 0 saturated carbocycles. The molecule has 0 bridgehead atoms. The van der Waals surface area contributed by atoms with Crippen LogP contribution in [0.5, 0.6) is 0 Å². The second kappa shape index (κ2) is 3.14. The van der Waals surface area contributed by atoms with E-state index in [1.54, 1.807) is 6.20 Å². The number of nitrogens with zero attached hydrogens (tertiary/aromatic N) is 4. The van der Waals surface area contributed by atoms with E-state index in [0.29, 0.717) is 5.13 Å². The van der Waals surface area contributed by atoms with Crippen molar-refractivity contribution in [2.24, 2.45) is 0 Å². The fourth-order valence-corrected chi connectivity index (χ4v) is 1.71. The lowest BCUT2D eigenvalue weighted by Gasteiger charge is -1.98. The van der Waals surface area contributed by atoms with Gasteiger partial charge >= 0.3 is 0 Å². The normalized spacial score (nSPS) is 10.5. The summed E-state index contributed by atoms with van der Waals surface area (Å²) in [5.41, 5.74) is 5.48. The van der Waals surface area contributed by atoms with Crippen LogP contribution in [0.25, 0.3) is 10.8 Å². The lowest BCUT2D eigenvalue weighted by Crippen LogP contribution is -1.95. The van der Waals surface area contributed by atoms with Crippen molar-refractivity contribution in [1.82, 2.24) is 19.7 Å². The van der Waals surface area contributed by atoms with Crippen molar-refractivity contribution >= 4 is 16.5 Å². The van der Waals surface area contributed by atoms with Gasteiger partial charge in [0.1, 0.15) is 0 Å². The SMILES string of the molecule is CCn1ccnc1-c1nnc(N)s1. The van der Waals surface area contributed by atoms with Crippen LogP contribution in [0, 0.1) is 0 Å². The van der Waals surface area contributed by atoms with E-state index in [-0.39, 0.29) is 0 Å². The Morgan fingerprint density at radius 1 is 1.54 bits per heavy atom. The quantitative estimate of drug-likeness (QED) is 0.776. The first-order valence-corrected chi connectivity index (χ1v) is 4.73. The predicted molar refractivity (Wildman–Crippen MR) is 51.2 cm³/mol. The monoisotopic (exact) mass is 195 g/mol. The molecule has 0 aromatic carbocycles. The molecule has 2 aromatic rings. The third kappa shape index (κ3) is 1.40. The molecule has 0 unspecified atom stereocenters. The molecule has 0 aliphatic heterocycles. The number of nitrogen functional groups attached to an aromatic ring is 1. The molecular formula is C7H9N5S. The van der Waals surface area contributed by atoms with Gasteiger partial charge in [-0.1, -0.05) is 11.3 Å². The average molecular weight is 195 g/mol. The summed E-state index contributed by atoms with van der Waals surface area (Å²) in [6.07, 6.45) is 3.66. The van der Waals surface area contributed by atoms with Gasteiger partial charge < -0.3 is 10.3 Å². The number of rotatable bonds is 2. The zero-order chi connectivity index (χ0) is 9.26. The number of hydrogen-bond donors (Lipinski definition) is 1. The Morgan fingerprint density at radius 2 is 2.38 bits per heavy atom. The molecule has 0 fully saturated rings. The maximum atomic E-state index is 5.48. The van der Waals surface area contributed by atoms with Gasteiger partial charge in [0, 0.05) is 18.9 Å². The summed E-state index contributed by atoms with van der Waals surface area (Å²) in [5.74, 6) is 0.830. The molecule has 6 heteroatoms. The number of aryl methyl sites for hydroxylation is 1. The molecule has 2 N–H and O–H groups in total. The van der Waals surface area contributed by atoms with Crippen molar-refractivity contribution in [1.29, 1.82) is 0 Å². The predicted octanol–water partition coefficient (Wildman–Crippen LogP) is 1.00. The van der Waals surface area contributed by atoms with E-state index >= 15 is 0 Å². The summed E-state index contributed by atoms with van der Waals surface area (Å²) in [7, 11) is 0.